The standard InChI is InChI=1S/C46H88O6/c1-6-7-8-9-10-16-20-26-31-36-44(47)50-39-43(52-46(49)38-33-28-23-22-25-30-35-42(4)5)40-51-45(48)37-32-27-21-18-15-13-11-12-14-17-19-24-29-34-41(2)3/h41-43H,6-40H2,1-5H3/t43-/m1/s1. The fraction of sp³-hybridized carbons (Fsp3) is 0.935. The number of esters is 3. The van der Waals surface area contributed by atoms with Crippen molar-refractivity contribution in [2.45, 2.75) is 253 Å². The zero-order valence-electron chi connectivity index (χ0n) is 35.4. The zero-order valence-corrected chi connectivity index (χ0v) is 35.4. The van der Waals surface area contributed by atoms with Gasteiger partial charge in [0.2, 0.25) is 0 Å². The summed E-state index contributed by atoms with van der Waals surface area (Å²) >= 11 is 0. The maximum absolute atomic E-state index is 12.6. The number of unbranched alkanes of at least 4 members (excludes halogenated alkanes) is 25. The number of hydrogen-bond acceptors (Lipinski definition) is 6. The highest BCUT2D eigenvalue weighted by atomic mass is 16.6. The third kappa shape index (κ3) is 39.6. The van der Waals surface area contributed by atoms with E-state index in [9.17, 15) is 14.4 Å². The number of hydrogen-bond donors (Lipinski definition) is 0. The summed E-state index contributed by atoms with van der Waals surface area (Å²) in [6.45, 7) is 11.3. The van der Waals surface area contributed by atoms with E-state index in [1.54, 1.807) is 0 Å². The molecule has 6 nitrogen and oxygen atoms in total. The van der Waals surface area contributed by atoms with Crippen molar-refractivity contribution in [3.63, 3.8) is 0 Å². The molecule has 0 heterocycles. The van der Waals surface area contributed by atoms with Crippen LogP contribution in [0.2, 0.25) is 0 Å². The molecule has 0 saturated carbocycles. The van der Waals surface area contributed by atoms with Crippen molar-refractivity contribution in [3.05, 3.63) is 0 Å². The van der Waals surface area contributed by atoms with Crippen LogP contribution in [-0.4, -0.2) is 37.2 Å². The smallest absolute Gasteiger partial charge is 0.306 e. The second-order valence-corrected chi connectivity index (χ2v) is 16.6. The highest BCUT2D eigenvalue weighted by Crippen LogP contribution is 2.16. The Balaban J connectivity index is 4.25. The van der Waals surface area contributed by atoms with E-state index in [-0.39, 0.29) is 31.1 Å². The fourth-order valence-corrected chi connectivity index (χ4v) is 6.75. The van der Waals surface area contributed by atoms with Crippen LogP contribution in [0.4, 0.5) is 0 Å². The summed E-state index contributed by atoms with van der Waals surface area (Å²) in [6, 6.07) is 0. The molecular weight excluding hydrogens is 649 g/mol. The van der Waals surface area contributed by atoms with Gasteiger partial charge in [-0.15, -0.1) is 0 Å². The number of carbonyl (C=O) groups excluding carboxylic acids is 3. The van der Waals surface area contributed by atoms with E-state index in [0.29, 0.717) is 19.3 Å². The summed E-state index contributed by atoms with van der Waals surface area (Å²) in [5, 5.41) is 0. The molecule has 0 rings (SSSR count). The van der Waals surface area contributed by atoms with Crippen molar-refractivity contribution in [2.75, 3.05) is 13.2 Å². The minimum absolute atomic E-state index is 0.0658. The molecule has 0 spiro atoms. The van der Waals surface area contributed by atoms with Crippen LogP contribution >= 0.6 is 0 Å². The van der Waals surface area contributed by atoms with Gasteiger partial charge in [-0.3, -0.25) is 14.4 Å². The van der Waals surface area contributed by atoms with E-state index in [1.807, 2.05) is 0 Å². The Morgan fingerprint density at radius 2 is 0.635 bits per heavy atom. The van der Waals surface area contributed by atoms with Crippen molar-refractivity contribution < 1.29 is 28.6 Å². The minimum Gasteiger partial charge on any atom is -0.462 e. The molecule has 0 aromatic rings. The Hall–Kier alpha value is -1.59. The lowest BCUT2D eigenvalue weighted by Crippen LogP contribution is -2.30. The lowest BCUT2D eigenvalue weighted by Gasteiger charge is -2.18. The first kappa shape index (κ1) is 50.4. The zero-order chi connectivity index (χ0) is 38.3. The highest BCUT2D eigenvalue weighted by Gasteiger charge is 2.19. The van der Waals surface area contributed by atoms with Crippen molar-refractivity contribution in [1.82, 2.24) is 0 Å². The number of carbonyl (C=O) groups is 3. The maximum Gasteiger partial charge on any atom is 0.306 e. The molecule has 0 aromatic heterocycles. The minimum atomic E-state index is -0.760. The molecule has 0 N–H and O–H groups in total. The summed E-state index contributed by atoms with van der Waals surface area (Å²) in [7, 11) is 0. The molecule has 6 heteroatoms. The molecule has 0 amide bonds. The molecule has 0 aromatic carbocycles. The van der Waals surface area contributed by atoms with Gasteiger partial charge in [-0.1, -0.05) is 208 Å². The normalized spacial score (nSPS) is 12.1. The summed E-state index contributed by atoms with van der Waals surface area (Å²) in [5.41, 5.74) is 0. The SMILES string of the molecule is CCCCCCCCCCCC(=O)OC[C@H](COC(=O)CCCCCCCCCCCCCCCC(C)C)OC(=O)CCCCCCCCC(C)C. The van der Waals surface area contributed by atoms with Gasteiger partial charge in [-0.2, -0.15) is 0 Å². The van der Waals surface area contributed by atoms with E-state index in [2.05, 4.69) is 34.6 Å². The monoisotopic (exact) mass is 737 g/mol. The van der Waals surface area contributed by atoms with Gasteiger partial charge in [0, 0.05) is 19.3 Å². The molecule has 0 saturated heterocycles. The summed E-state index contributed by atoms with van der Waals surface area (Å²) < 4.78 is 16.7. The second kappa shape index (κ2) is 39.1. The Bertz CT molecular complexity index is 794. The Kier molecular flexibility index (Phi) is 37.9. The van der Waals surface area contributed by atoms with E-state index in [4.69, 9.17) is 14.2 Å². The average molecular weight is 737 g/mol. The summed E-state index contributed by atoms with van der Waals surface area (Å²) in [6.07, 6.45) is 36.8. The lowest BCUT2D eigenvalue weighted by atomic mass is 10.0. The third-order valence-electron chi connectivity index (χ3n) is 10.2. The largest absolute Gasteiger partial charge is 0.462 e. The molecule has 1 atom stereocenters. The lowest BCUT2D eigenvalue weighted by molar-refractivity contribution is -0.167. The Morgan fingerprint density at radius 1 is 0.365 bits per heavy atom. The van der Waals surface area contributed by atoms with E-state index >= 15 is 0 Å². The second-order valence-electron chi connectivity index (χ2n) is 16.6. The Labute approximate surface area is 323 Å². The average Bonchev–Trinajstić information content (AvgIpc) is 3.11. The van der Waals surface area contributed by atoms with E-state index in [1.165, 1.54) is 135 Å². The van der Waals surface area contributed by atoms with Gasteiger partial charge < -0.3 is 14.2 Å². The van der Waals surface area contributed by atoms with Gasteiger partial charge in [0.15, 0.2) is 6.10 Å². The van der Waals surface area contributed by atoms with Gasteiger partial charge in [0.25, 0.3) is 0 Å². The van der Waals surface area contributed by atoms with Gasteiger partial charge in [-0.05, 0) is 31.1 Å². The molecule has 0 fully saturated rings. The van der Waals surface area contributed by atoms with Crippen LogP contribution in [0.5, 0.6) is 0 Å². The third-order valence-corrected chi connectivity index (χ3v) is 10.2. The predicted octanol–water partition coefficient (Wildman–Crippen LogP) is 14.2. The molecule has 0 aliphatic rings. The molecule has 308 valence electrons. The molecule has 0 radical (unpaired) electrons. The van der Waals surface area contributed by atoms with Crippen molar-refractivity contribution in [3.8, 4) is 0 Å². The maximum atomic E-state index is 12.6. The molecular formula is C46H88O6. The van der Waals surface area contributed by atoms with Crippen LogP contribution in [-0.2, 0) is 28.6 Å². The van der Waals surface area contributed by atoms with Crippen molar-refractivity contribution >= 4 is 17.9 Å². The van der Waals surface area contributed by atoms with Crippen LogP contribution in [0, 0.1) is 11.8 Å². The van der Waals surface area contributed by atoms with Crippen LogP contribution in [0.25, 0.3) is 0 Å². The topological polar surface area (TPSA) is 78.9 Å². The fourth-order valence-electron chi connectivity index (χ4n) is 6.75. The van der Waals surface area contributed by atoms with Gasteiger partial charge in [0.05, 0.1) is 0 Å². The molecule has 0 unspecified atom stereocenters. The van der Waals surface area contributed by atoms with Gasteiger partial charge in [0.1, 0.15) is 13.2 Å². The van der Waals surface area contributed by atoms with Crippen LogP contribution in [0.3, 0.4) is 0 Å². The van der Waals surface area contributed by atoms with Crippen LogP contribution in [0.15, 0.2) is 0 Å². The van der Waals surface area contributed by atoms with Gasteiger partial charge in [-0.25, -0.2) is 0 Å². The van der Waals surface area contributed by atoms with Crippen molar-refractivity contribution in [2.24, 2.45) is 11.8 Å². The first-order chi connectivity index (χ1) is 25.2. The van der Waals surface area contributed by atoms with E-state index in [0.717, 1.165) is 69.6 Å². The Morgan fingerprint density at radius 3 is 0.942 bits per heavy atom. The van der Waals surface area contributed by atoms with Crippen LogP contribution in [0.1, 0.15) is 247 Å². The molecule has 52 heavy (non-hydrogen) atoms. The summed E-state index contributed by atoms with van der Waals surface area (Å²) in [4.78, 5) is 37.6. The quantitative estimate of drug-likeness (QED) is 0.0354. The molecule has 0 aliphatic heterocycles. The number of rotatable bonds is 40. The first-order valence-corrected chi connectivity index (χ1v) is 22.7. The van der Waals surface area contributed by atoms with E-state index < -0.39 is 6.10 Å². The summed E-state index contributed by atoms with van der Waals surface area (Å²) in [5.74, 6) is 0.734. The molecule has 0 bridgehead atoms. The van der Waals surface area contributed by atoms with Gasteiger partial charge >= 0.3 is 17.9 Å². The number of ether oxygens (including phenoxy) is 3. The predicted molar refractivity (Wildman–Crippen MR) is 220 cm³/mol. The van der Waals surface area contributed by atoms with Crippen LogP contribution < -0.4 is 0 Å². The molecule has 0 aliphatic carbocycles. The first-order valence-electron chi connectivity index (χ1n) is 22.7. The van der Waals surface area contributed by atoms with Crippen molar-refractivity contribution in [1.29, 1.82) is 0 Å². The highest BCUT2D eigenvalue weighted by molar-refractivity contribution is 5.71.